The van der Waals surface area contributed by atoms with E-state index in [0.717, 1.165) is 23.4 Å². The van der Waals surface area contributed by atoms with Crippen molar-refractivity contribution in [2.24, 2.45) is 0 Å². The van der Waals surface area contributed by atoms with Gasteiger partial charge in [0.05, 0.1) is 0 Å². The highest BCUT2D eigenvalue weighted by Crippen LogP contribution is 2.24. The Bertz CT molecular complexity index is 632. The standard InChI is InChI=1S/C13H18N2O2S3/c1-10(11-6-8-18-9-11)15-20(16,17)13-4-3-12(19-13)5-7-14-2/h3-4,6,8-10,14-15H,5,7H2,1-2H3. The Balaban J connectivity index is 2.08. The first-order valence-corrected chi connectivity index (χ1v) is 9.55. The van der Waals surface area contributed by atoms with Crippen LogP contribution in [0.25, 0.3) is 0 Å². The molecule has 0 aromatic carbocycles. The van der Waals surface area contributed by atoms with Crippen molar-refractivity contribution in [3.63, 3.8) is 0 Å². The maximum Gasteiger partial charge on any atom is 0.250 e. The molecule has 0 amide bonds. The van der Waals surface area contributed by atoms with Gasteiger partial charge < -0.3 is 5.32 Å². The maximum absolute atomic E-state index is 12.3. The molecule has 0 fully saturated rings. The Labute approximate surface area is 127 Å². The minimum Gasteiger partial charge on any atom is -0.319 e. The Morgan fingerprint density at radius 1 is 1.30 bits per heavy atom. The first-order valence-electron chi connectivity index (χ1n) is 6.30. The molecule has 4 nitrogen and oxygen atoms in total. The van der Waals surface area contributed by atoms with E-state index in [2.05, 4.69) is 10.0 Å². The van der Waals surface area contributed by atoms with E-state index in [-0.39, 0.29) is 6.04 Å². The molecule has 110 valence electrons. The summed E-state index contributed by atoms with van der Waals surface area (Å²) in [5, 5.41) is 6.96. The highest BCUT2D eigenvalue weighted by molar-refractivity contribution is 7.91. The first-order chi connectivity index (χ1) is 9.53. The third-order valence-electron chi connectivity index (χ3n) is 2.90. The maximum atomic E-state index is 12.3. The zero-order chi connectivity index (χ0) is 14.6. The SMILES string of the molecule is CNCCc1ccc(S(=O)(=O)NC(C)c2ccsc2)s1. The van der Waals surface area contributed by atoms with Crippen LogP contribution in [-0.2, 0) is 16.4 Å². The first kappa shape index (κ1) is 15.7. The van der Waals surface area contributed by atoms with Crippen molar-refractivity contribution in [1.29, 1.82) is 0 Å². The lowest BCUT2D eigenvalue weighted by molar-refractivity contribution is 0.569. The largest absolute Gasteiger partial charge is 0.319 e. The normalized spacial score (nSPS) is 13.5. The van der Waals surface area contributed by atoms with Crippen molar-refractivity contribution in [1.82, 2.24) is 10.0 Å². The van der Waals surface area contributed by atoms with Crippen molar-refractivity contribution in [3.8, 4) is 0 Å². The highest BCUT2D eigenvalue weighted by atomic mass is 32.2. The minimum absolute atomic E-state index is 0.214. The van der Waals surface area contributed by atoms with Crippen LogP contribution >= 0.6 is 22.7 Å². The van der Waals surface area contributed by atoms with E-state index in [1.54, 1.807) is 17.4 Å². The molecule has 0 aliphatic carbocycles. The second-order valence-corrected chi connectivity index (χ2v) is 8.36. The summed E-state index contributed by atoms with van der Waals surface area (Å²) in [4.78, 5) is 1.07. The van der Waals surface area contributed by atoms with Crippen LogP contribution in [0.2, 0.25) is 0 Å². The molecule has 2 rings (SSSR count). The van der Waals surface area contributed by atoms with Crippen LogP contribution < -0.4 is 10.0 Å². The molecule has 1 unspecified atom stereocenters. The van der Waals surface area contributed by atoms with E-state index in [1.165, 1.54) is 11.3 Å². The summed E-state index contributed by atoms with van der Waals surface area (Å²) in [5.41, 5.74) is 0.991. The van der Waals surface area contributed by atoms with E-state index in [4.69, 9.17) is 0 Å². The van der Waals surface area contributed by atoms with Gasteiger partial charge in [0, 0.05) is 10.9 Å². The summed E-state index contributed by atoms with van der Waals surface area (Å²) in [7, 11) is -1.55. The van der Waals surface area contributed by atoms with Crippen molar-refractivity contribution in [3.05, 3.63) is 39.4 Å². The Morgan fingerprint density at radius 3 is 2.75 bits per heavy atom. The molecule has 0 spiro atoms. The molecule has 2 aromatic heterocycles. The molecule has 0 aliphatic rings. The lowest BCUT2D eigenvalue weighted by Gasteiger charge is -2.11. The Kier molecular flexibility index (Phi) is 5.34. The monoisotopic (exact) mass is 330 g/mol. The van der Waals surface area contributed by atoms with Gasteiger partial charge in [-0.25, -0.2) is 13.1 Å². The van der Waals surface area contributed by atoms with Gasteiger partial charge >= 0.3 is 0 Å². The van der Waals surface area contributed by atoms with E-state index >= 15 is 0 Å². The van der Waals surface area contributed by atoms with Gasteiger partial charge in [-0.15, -0.1) is 11.3 Å². The van der Waals surface area contributed by atoms with Crippen molar-refractivity contribution >= 4 is 32.7 Å². The number of sulfonamides is 1. The van der Waals surface area contributed by atoms with Gasteiger partial charge in [0.25, 0.3) is 10.0 Å². The summed E-state index contributed by atoms with van der Waals surface area (Å²) >= 11 is 2.89. The second-order valence-electron chi connectivity index (χ2n) is 4.47. The molecule has 20 heavy (non-hydrogen) atoms. The molecule has 0 aliphatic heterocycles. The molecular weight excluding hydrogens is 312 g/mol. The summed E-state index contributed by atoms with van der Waals surface area (Å²) in [6.07, 6.45) is 0.844. The smallest absolute Gasteiger partial charge is 0.250 e. The predicted molar refractivity (Wildman–Crippen MR) is 85.0 cm³/mol. The summed E-state index contributed by atoms with van der Waals surface area (Å²) in [5.74, 6) is 0. The number of nitrogens with one attached hydrogen (secondary N) is 2. The average molecular weight is 330 g/mol. The number of hydrogen-bond acceptors (Lipinski definition) is 5. The van der Waals surface area contributed by atoms with Crippen molar-refractivity contribution in [2.45, 2.75) is 23.6 Å². The molecule has 1 atom stereocenters. The van der Waals surface area contributed by atoms with E-state index in [1.807, 2.05) is 36.9 Å². The zero-order valence-corrected chi connectivity index (χ0v) is 13.9. The van der Waals surface area contributed by atoms with Crippen LogP contribution in [0.1, 0.15) is 23.4 Å². The second kappa shape index (κ2) is 6.82. The van der Waals surface area contributed by atoms with Gasteiger partial charge in [-0.3, -0.25) is 0 Å². The lowest BCUT2D eigenvalue weighted by Crippen LogP contribution is -2.25. The molecule has 2 heterocycles. The Hall–Kier alpha value is -0.730. The van der Waals surface area contributed by atoms with Gasteiger partial charge in [0.15, 0.2) is 0 Å². The fourth-order valence-electron chi connectivity index (χ4n) is 1.77. The van der Waals surface area contributed by atoms with Gasteiger partial charge in [-0.05, 0) is 61.5 Å². The van der Waals surface area contributed by atoms with Crippen molar-refractivity contribution in [2.75, 3.05) is 13.6 Å². The molecule has 0 saturated heterocycles. The molecule has 7 heteroatoms. The van der Waals surface area contributed by atoms with Gasteiger partial charge in [0.1, 0.15) is 4.21 Å². The Morgan fingerprint density at radius 2 is 2.10 bits per heavy atom. The van der Waals surface area contributed by atoms with Crippen LogP contribution in [0.3, 0.4) is 0 Å². The lowest BCUT2D eigenvalue weighted by atomic mass is 10.2. The van der Waals surface area contributed by atoms with Crippen LogP contribution in [0.15, 0.2) is 33.2 Å². The van der Waals surface area contributed by atoms with Crippen LogP contribution in [0.5, 0.6) is 0 Å². The van der Waals surface area contributed by atoms with Crippen molar-refractivity contribution < 1.29 is 8.42 Å². The summed E-state index contributed by atoms with van der Waals surface area (Å²) in [6, 6.07) is 5.28. The molecule has 0 radical (unpaired) electrons. The number of rotatable bonds is 7. The van der Waals surface area contributed by atoms with Gasteiger partial charge in [-0.2, -0.15) is 11.3 Å². The topological polar surface area (TPSA) is 58.2 Å². The summed E-state index contributed by atoms with van der Waals surface area (Å²) < 4.78 is 27.7. The predicted octanol–water partition coefficient (Wildman–Crippen LogP) is 2.61. The van der Waals surface area contributed by atoms with Crippen LogP contribution in [-0.4, -0.2) is 22.0 Å². The minimum atomic E-state index is -3.44. The quantitative estimate of drug-likeness (QED) is 0.820. The zero-order valence-electron chi connectivity index (χ0n) is 11.4. The molecular formula is C13H18N2O2S3. The molecule has 0 bridgehead atoms. The van der Waals surface area contributed by atoms with E-state index < -0.39 is 10.0 Å². The van der Waals surface area contributed by atoms with E-state index in [0.29, 0.717) is 4.21 Å². The number of hydrogen-bond donors (Lipinski definition) is 2. The van der Waals surface area contributed by atoms with Crippen LogP contribution in [0.4, 0.5) is 0 Å². The number of likely N-dealkylation sites (N-methyl/N-ethyl adjacent to an activating group) is 1. The van der Waals surface area contributed by atoms with Gasteiger partial charge in [-0.1, -0.05) is 0 Å². The molecule has 0 saturated carbocycles. The third kappa shape index (κ3) is 3.89. The fraction of sp³-hybridized carbons (Fsp3) is 0.385. The number of thiophene rings is 2. The van der Waals surface area contributed by atoms with Gasteiger partial charge in [0.2, 0.25) is 0 Å². The molecule has 2 aromatic rings. The van der Waals surface area contributed by atoms with Crippen LogP contribution in [0, 0.1) is 0 Å². The fourth-order valence-corrected chi connectivity index (χ4v) is 5.12. The summed E-state index contributed by atoms with van der Waals surface area (Å²) in [6.45, 7) is 2.70. The highest BCUT2D eigenvalue weighted by Gasteiger charge is 2.20. The third-order valence-corrected chi connectivity index (χ3v) is 6.78. The molecule has 2 N–H and O–H groups in total. The van der Waals surface area contributed by atoms with E-state index in [9.17, 15) is 8.42 Å². The average Bonchev–Trinajstić information content (AvgIpc) is 3.07.